The maximum Gasteiger partial charge on any atom is 0.218 e. The number of carbonyl (C=O) groups is 1. The van der Waals surface area contributed by atoms with E-state index in [-0.39, 0.29) is 18.0 Å². The molecule has 1 heterocycles. The Labute approximate surface area is 116 Å². The number of amides is 1. The van der Waals surface area contributed by atoms with Crippen LogP contribution in [0.2, 0.25) is 5.02 Å². The third-order valence-electron chi connectivity index (χ3n) is 3.00. The molecule has 1 amide bonds. The van der Waals surface area contributed by atoms with Gasteiger partial charge in [0.2, 0.25) is 5.91 Å². The minimum Gasteiger partial charge on any atom is -0.370 e. The van der Waals surface area contributed by atoms with Crippen molar-refractivity contribution in [3.63, 3.8) is 0 Å². The molecule has 0 fully saturated rings. The van der Waals surface area contributed by atoms with Crippen molar-refractivity contribution in [1.82, 2.24) is 5.32 Å². The Morgan fingerprint density at radius 3 is 3.17 bits per heavy atom. The zero-order chi connectivity index (χ0) is 13.1. The van der Waals surface area contributed by atoms with E-state index in [0.29, 0.717) is 6.42 Å². The zero-order valence-corrected chi connectivity index (χ0v) is 11.9. The number of carbonyl (C=O) groups excluding carboxylic acids is 1. The summed E-state index contributed by atoms with van der Waals surface area (Å²) in [4.78, 5) is 12.2. The highest BCUT2D eigenvalue weighted by Gasteiger charge is 2.22. The van der Waals surface area contributed by atoms with Gasteiger partial charge in [-0.25, -0.2) is 0 Å². The van der Waals surface area contributed by atoms with Gasteiger partial charge in [-0.1, -0.05) is 11.6 Å². The quantitative estimate of drug-likeness (QED) is 0.894. The Morgan fingerprint density at radius 2 is 2.44 bits per heavy atom. The van der Waals surface area contributed by atoms with Gasteiger partial charge in [-0.15, -0.1) is 11.8 Å². The average molecular weight is 285 g/mol. The van der Waals surface area contributed by atoms with Crippen LogP contribution in [0.3, 0.4) is 0 Å². The van der Waals surface area contributed by atoms with Crippen LogP contribution in [0, 0.1) is 0 Å². The van der Waals surface area contributed by atoms with Crippen molar-refractivity contribution in [2.45, 2.75) is 36.7 Å². The van der Waals surface area contributed by atoms with Gasteiger partial charge in [0, 0.05) is 28.4 Å². The van der Waals surface area contributed by atoms with Gasteiger partial charge < -0.3 is 11.1 Å². The van der Waals surface area contributed by atoms with E-state index in [1.54, 1.807) is 0 Å². The van der Waals surface area contributed by atoms with E-state index >= 15 is 0 Å². The molecule has 1 aliphatic rings. The summed E-state index contributed by atoms with van der Waals surface area (Å²) in [7, 11) is 0. The fourth-order valence-corrected chi connectivity index (χ4v) is 3.53. The Hall–Kier alpha value is -0.710. The van der Waals surface area contributed by atoms with Gasteiger partial charge in [0.1, 0.15) is 0 Å². The Kier molecular flexibility index (Phi) is 4.54. The van der Waals surface area contributed by atoms with Gasteiger partial charge >= 0.3 is 0 Å². The van der Waals surface area contributed by atoms with E-state index in [0.717, 1.165) is 17.2 Å². The minimum absolute atomic E-state index is 0.0856. The highest BCUT2D eigenvalue weighted by atomic mass is 35.5. The molecule has 0 spiro atoms. The molecule has 98 valence electrons. The third-order valence-corrected chi connectivity index (χ3v) is 4.36. The lowest BCUT2D eigenvalue weighted by Gasteiger charge is -2.28. The second-order valence-electron chi connectivity index (χ2n) is 4.61. The van der Waals surface area contributed by atoms with Crippen LogP contribution < -0.4 is 11.1 Å². The molecule has 18 heavy (non-hydrogen) atoms. The van der Waals surface area contributed by atoms with E-state index in [1.165, 1.54) is 10.5 Å². The van der Waals surface area contributed by atoms with Crippen LogP contribution in [0.15, 0.2) is 23.1 Å². The molecule has 1 aromatic carbocycles. The molecule has 0 bridgehead atoms. The van der Waals surface area contributed by atoms with E-state index < -0.39 is 0 Å². The first-order chi connectivity index (χ1) is 8.56. The number of fused-ring (bicyclic) bond motifs is 1. The van der Waals surface area contributed by atoms with Gasteiger partial charge in [0.15, 0.2) is 0 Å². The molecule has 0 saturated heterocycles. The van der Waals surface area contributed by atoms with E-state index in [4.69, 9.17) is 17.3 Å². The van der Waals surface area contributed by atoms with Crippen LogP contribution >= 0.6 is 23.4 Å². The van der Waals surface area contributed by atoms with Crippen LogP contribution in [-0.2, 0) is 4.79 Å². The number of thioether (sulfide) groups is 1. The fourth-order valence-electron chi connectivity index (χ4n) is 2.24. The lowest BCUT2D eigenvalue weighted by atomic mass is 10.0. The predicted octanol–water partition coefficient (Wildman–Crippen LogP) is 2.73. The number of primary amides is 1. The molecule has 2 rings (SSSR count). The molecule has 0 radical (unpaired) electrons. The first kappa shape index (κ1) is 13.7. The number of halogens is 1. The lowest BCUT2D eigenvalue weighted by Crippen LogP contribution is -2.35. The molecular formula is C13H17ClN2OS. The zero-order valence-electron chi connectivity index (χ0n) is 10.3. The lowest BCUT2D eigenvalue weighted by molar-refractivity contribution is -0.118. The van der Waals surface area contributed by atoms with Crippen LogP contribution in [0.5, 0.6) is 0 Å². The van der Waals surface area contributed by atoms with Crippen LogP contribution in [0.1, 0.15) is 31.4 Å². The summed E-state index contributed by atoms with van der Waals surface area (Å²) >= 11 is 7.90. The normalized spacial score (nSPS) is 20.2. The number of benzene rings is 1. The Balaban J connectivity index is 2.12. The van der Waals surface area contributed by atoms with Crippen molar-refractivity contribution in [2.75, 3.05) is 5.75 Å². The Morgan fingerprint density at radius 1 is 1.67 bits per heavy atom. The Bertz CT molecular complexity index is 453. The van der Waals surface area contributed by atoms with Crippen molar-refractivity contribution < 1.29 is 4.79 Å². The smallest absolute Gasteiger partial charge is 0.218 e. The highest BCUT2D eigenvalue weighted by molar-refractivity contribution is 7.99. The summed E-state index contributed by atoms with van der Waals surface area (Å²) in [6.07, 6.45) is 1.40. The molecule has 2 atom stereocenters. The SMILES string of the molecule is CC(CC(N)=O)NC1CCSc2ccc(Cl)cc21. The molecular weight excluding hydrogens is 268 g/mol. The number of hydrogen-bond donors (Lipinski definition) is 2. The molecule has 1 aliphatic heterocycles. The molecule has 3 nitrogen and oxygen atoms in total. The molecule has 1 aromatic rings. The van der Waals surface area contributed by atoms with Crippen LogP contribution in [0.4, 0.5) is 0 Å². The third kappa shape index (κ3) is 3.40. The first-order valence-electron chi connectivity index (χ1n) is 6.03. The predicted molar refractivity (Wildman–Crippen MR) is 75.9 cm³/mol. The molecule has 2 unspecified atom stereocenters. The topological polar surface area (TPSA) is 55.1 Å². The second-order valence-corrected chi connectivity index (χ2v) is 6.18. The highest BCUT2D eigenvalue weighted by Crippen LogP contribution is 2.37. The number of rotatable bonds is 4. The monoisotopic (exact) mass is 284 g/mol. The molecule has 0 aliphatic carbocycles. The average Bonchev–Trinajstić information content (AvgIpc) is 2.28. The van der Waals surface area contributed by atoms with Gasteiger partial charge in [-0.05, 0) is 42.9 Å². The summed E-state index contributed by atoms with van der Waals surface area (Å²) in [5.74, 6) is 0.807. The summed E-state index contributed by atoms with van der Waals surface area (Å²) in [5, 5.41) is 4.22. The number of nitrogens with two attached hydrogens (primary N) is 1. The van der Waals surface area contributed by atoms with E-state index in [9.17, 15) is 4.79 Å². The van der Waals surface area contributed by atoms with Gasteiger partial charge in [0.05, 0.1) is 0 Å². The van der Waals surface area contributed by atoms with Crippen molar-refractivity contribution >= 4 is 29.3 Å². The van der Waals surface area contributed by atoms with E-state index in [2.05, 4.69) is 11.4 Å². The maximum absolute atomic E-state index is 10.9. The first-order valence-corrected chi connectivity index (χ1v) is 7.39. The largest absolute Gasteiger partial charge is 0.370 e. The van der Waals surface area contributed by atoms with Gasteiger partial charge in [0.25, 0.3) is 0 Å². The van der Waals surface area contributed by atoms with Crippen molar-refractivity contribution in [1.29, 1.82) is 0 Å². The number of nitrogens with one attached hydrogen (secondary N) is 1. The summed E-state index contributed by atoms with van der Waals surface area (Å²) < 4.78 is 0. The maximum atomic E-state index is 10.9. The van der Waals surface area contributed by atoms with Gasteiger partial charge in [-0.3, -0.25) is 4.79 Å². The van der Waals surface area contributed by atoms with Gasteiger partial charge in [-0.2, -0.15) is 0 Å². The van der Waals surface area contributed by atoms with Crippen molar-refractivity contribution in [3.8, 4) is 0 Å². The second kappa shape index (κ2) is 5.95. The van der Waals surface area contributed by atoms with Crippen LogP contribution in [-0.4, -0.2) is 17.7 Å². The number of hydrogen-bond acceptors (Lipinski definition) is 3. The van der Waals surface area contributed by atoms with Crippen molar-refractivity contribution in [2.24, 2.45) is 5.73 Å². The van der Waals surface area contributed by atoms with Crippen molar-refractivity contribution in [3.05, 3.63) is 28.8 Å². The summed E-state index contributed by atoms with van der Waals surface area (Å²) in [6, 6.07) is 6.34. The minimum atomic E-state index is -0.272. The summed E-state index contributed by atoms with van der Waals surface area (Å²) in [5.41, 5.74) is 6.44. The molecule has 0 saturated carbocycles. The molecule has 0 aromatic heterocycles. The molecule has 3 N–H and O–H groups in total. The van der Waals surface area contributed by atoms with Crippen LogP contribution in [0.25, 0.3) is 0 Å². The van der Waals surface area contributed by atoms with E-state index in [1.807, 2.05) is 30.8 Å². The standard InChI is InChI=1S/C13H17ClN2OS/c1-8(6-13(15)17)16-11-4-5-18-12-3-2-9(14)7-10(11)12/h2-3,7-8,11,16H,4-6H2,1H3,(H2,15,17). The summed E-state index contributed by atoms with van der Waals surface area (Å²) in [6.45, 7) is 1.98. The fraction of sp³-hybridized carbons (Fsp3) is 0.462. The molecule has 5 heteroatoms.